The van der Waals surface area contributed by atoms with Gasteiger partial charge in [0, 0.05) is 6.54 Å². The van der Waals surface area contributed by atoms with Crippen molar-refractivity contribution in [2.75, 3.05) is 6.54 Å². The van der Waals surface area contributed by atoms with Crippen LogP contribution >= 0.6 is 0 Å². The Morgan fingerprint density at radius 2 is 1.74 bits per heavy atom. The van der Waals surface area contributed by atoms with Crippen LogP contribution in [0.3, 0.4) is 0 Å². The highest BCUT2D eigenvalue weighted by atomic mass is 16.5. The molecule has 3 N–H and O–H groups in total. The first-order valence-corrected chi connectivity index (χ1v) is 8.08. The van der Waals surface area contributed by atoms with Crippen LogP contribution in [0.5, 0.6) is 5.75 Å². The first-order valence-electron chi connectivity index (χ1n) is 8.08. The van der Waals surface area contributed by atoms with E-state index in [9.17, 15) is 9.90 Å². The van der Waals surface area contributed by atoms with E-state index >= 15 is 0 Å². The average molecular weight is 322 g/mol. The van der Waals surface area contributed by atoms with Crippen LogP contribution in [0.2, 0.25) is 0 Å². The van der Waals surface area contributed by atoms with Gasteiger partial charge in [0.2, 0.25) is 0 Å². The van der Waals surface area contributed by atoms with Crippen molar-refractivity contribution in [3.05, 3.63) is 29.8 Å². The molecule has 23 heavy (non-hydrogen) atoms. The van der Waals surface area contributed by atoms with Crippen molar-refractivity contribution in [2.24, 2.45) is 5.41 Å². The van der Waals surface area contributed by atoms with Crippen LogP contribution in [-0.2, 0) is 0 Å². The number of hydrogen-bond acceptors (Lipinski definition) is 3. The maximum atomic E-state index is 11.9. The topological polar surface area (TPSA) is 70.6 Å². The molecule has 0 saturated heterocycles. The van der Waals surface area contributed by atoms with Crippen molar-refractivity contribution < 1.29 is 14.6 Å². The Balaban J connectivity index is 2.49. The van der Waals surface area contributed by atoms with Gasteiger partial charge in [-0.1, -0.05) is 32.9 Å². The van der Waals surface area contributed by atoms with Crippen LogP contribution in [0.15, 0.2) is 24.3 Å². The van der Waals surface area contributed by atoms with Crippen molar-refractivity contribution in [2.45, 2.75) is 59.8 Å². The number of aliphatic hydroxyl groups excluding tert-OH is 1. The van der Waals surface area contributed by atoms with Crippen molar-refractivity contribution in [3.8, 4) is 5.75 Å². The second-order valence-electron chi connectivity index (χ2n) is 7.19. The molecule has 0 aliphatic carbocycles. The first kappa shape index (κ1) is 19.3. The average Bonchev–Trinajstić information content (AvgIpc) is 2.43. The number of hydrogen-bond donors (Lipinski definition) is 3. The summed E-state index contributed by atoms with van der Waals surface area (Å²) in [6.07, 6.45) is -0.451. The predicted molar refractivity (Wildman–Crippen MR) is 92.6 cm³/mol. The zero-order valence-corrected chi connectivity index (χ0v) is 15.0. The van der Waals surface area contributed by atoms with Gasteiger partial charge in [-0.2, -0.15) is 0 Å². The van der Waals surface area contributed by atoms with E-state index < -0.39 is 6.10 Å². The molecule has 0 fully saturated rings. The maximum Gasteiger partial charge on any atom is 0.315 e. The highest BCUT2D eigenvalue weighted by Gasteiger charge is 2.22. The minimum absolute atomic E-state index is 0.130. The second-order valence-corrected chi connectivity index (χ2v) is 7.19. The number of carbonyl (C=O) groups excluding carboxylic acids is 1. The van der Waals surface area contributed by atoms with Crippen LogP contribution in [0.1, 0.15) is 53.1 Å². The Morgan fingerprint density at radius 1 is 1.17 bits per heavy atom. The fraction of sp³-hybridized carbons (Fsp3) is 0.611. The number of rotatable bonds is 6. The SMILES string of the molecule is CC(C)Oc1ccc(C(C)NC(=O)NCC(O)C(C)(C)C)cc1. The molecule has 5 nitrogen and oxygen atoms in total. The standard InChI is InChI=1S/C18H30N2O3/c1-12(2)23-15-9-7-14(8-10-15)13(3)20-17(22)19-11-16(21)18(4,5)6/h7-10,12-13,16,21H,11H2,1-6H3,(H2,19,20,22). The molecule has 1 rings (SSSR count). The van der Waals surface area contributed by atoms with Gasteiger partial charge >= 0.3 is 6.03 Å². The summed E-state index contributed by atoms with van der Waals surface area (Å²) >= 11 is 0. The summed E-state index contributed by atoms with van der Waals surface area (Å²) in [4.78, 5) is 11.9. The molecule has 0 radical (unpaired) electrons. The summed E-state index contributed by atoms with van der Waals surface area (Å²) in [6.45, 7) is 11.9. The van der Waals surface area contributed by atoms with Crippen LogP contribution in [0.25, 0.3) is 0 Å². The van der Waals surface area contributed by atoms with E-state index in [4.69, 9.17) is 4.74 Å². The molecule has 1 aromatic rings. The molecule has 0 spiro atoms. The van der Waals surface area contributed by atoms with Gasteiger partial charge in [0.25, 0.3) is 0 Å². The largest absolute Gasteiger partial charge is 0.491 e. The first-order chi connectivity index (χ1) is 10.6. The third-order valence-electron chi connectivity index (χ3n) is 3.56. The molecule has 0 aliphatic heterocycles. The van der Waals surface area contributed by atoms with E-state index in [1.54, 1.807) is 0 Å². The summed E-state index contributed by atoms with van der Waals surface area (Å²) in [7, 11) is 0. The van der Waals surface area contributed by atoms with E-state index in [0.29, 0.717) is 0 Å². The summed E-state index contributed by atoms with van der Waals surface area (Å²) in [5.74, 6) is 0.814. The number of carbonyl (C=O) groups is 1. The van der Waals surface area contributed by atoms with Gasteiger partial charge in [0.05, 0.1) is 18.2 Å². The highest BCUT2D eigenvalue weighted by Crippen LogP contribution is 2.19. The fourth-order valence-electron chi connectivity index (χ4n) is 1.93. The molecule has 0 aliphatic rings. The molecule has 1 aromatic carbocycles. The van der Waals surface area contributed by atoms with Crippen molar-refractivity contribution in [1.82, 2.24) is 10.6 Å². The van der Waals surface area contributed by atoms with Gasteiger partial charge < -0.3 is 20.5 Å². The zero-order valence-electron chi connectivity index (χ0n) is 15.0. The van der Waals surface area contributed by atoms with E-state index in [1.165, 1.54) is 0 Å². The monoisotopic (exact) mass is 322 g/mol. The minimum Gasteiger partial charge on any atom is -0.491 e. The Kier molecular flexibility index (Phi) is 6.88. The van der Waals surface area contributed by atoms with Gasteiger partial charge in [0.1, 0.15) is 5.75 Å². The summed E-state index contributed by atoms with van der Waals surface area (Å²) < 4.78 is 5.60. The predicted octanol–water partition coefficient (Wildman–Crippen LogP) is 3.24. The summed E-state index contributed by atoms with van der Waals surface area (Å²) in [6, 6.07) is 7.25. The lowest BCUT2D eigenvalue weighted by Gasteiger charge is -2.26. The van der Waals surface area contributed by atoms with E-state index in [0.717, 1.165) is 11.3 Å². The molecule has 0 aromatic heterocycles. The van der Waals surface area contributed by atoms with E-state index in [2.05, 4.69) is 10.6 Å². The third kappa shape index (κ3) is 6.91. The van der Waals surface area contributed by atoms with E-state index in [1.807, 2.05) is 65.8 Å². The Hall–Kier alpha value is -1.75. The fourth-order valence-corrected chi connectivity index (χ4v) is 1.93. The lowest BCUT2D eigenvalue weighted by molar-refractivity contribution is 0.0649. The van der Waals surface area contributed by atoms with E-state index in [-0.39, 0.29) is 30.1 Å². The molecule has 5 heteroatoms. The summed E-state index contributed by atoms with van der Waals surface area (Å²) in [5, 5.41) is 15.5. The molecule has 2 amide bonds. The van der Waals surface area contributed by atoms with Gasteiger partial charge in [-0.25, -0.2) is 4.79 Å². The summed E-state index contributed by atoms with van der Waals surface area (Å²) in [5.41, 5.74) is 0.734. The molecule has 2 unspecified atom stereocenters. The number of nitrogens with one attached hydrogen (secondary N) is 2. The lowest BCUT2D eigenvalue weighted by atomic mass is 9.89. The van der Waals surface area contributed by atoms with Crippen LogP contribution in [0.4, 0.5) is 4.79 Å². The number of ether oxygens (including phenoxy) is 1. The van der Waals surface area contributed by atoms with Gasteiger partial charge in [-0.15, -0.1) is 0 Å². The lowest BCUT2D eigenvalue weighted by Crippen LogP contribution is -2.44. The zero-order chi connectivity index (χ0) is 17.6. The van der Waals surface area contributed by atoms with Crippen molar-refractivity contribution >= 4 is 6.03 Å². The van der Waals surface area contributed by atoms with Crippen LogP contribution in [0, 0.1) is 5.41 Å². The van der Waals surface area contributed by atoms with Gasteiger partial charge in [-0.05, 0) is 43.9 Å². The molecular formula is C18H30N2O3. The van der Waals surface area contributed by atoms with Crippen LogP contribution < -0.4 is 15.4 Å². The Bertz CT molecular complexity index is 492. The van der Waals surface area contributed by atoms with Gasteiger partial charge in [-0.3, -0.25) is 0 Å². The number of amides is 2. The third-order valence-corrected chi connectivity index (χ3v) is 3.56. The number of aliphatic hydroxyl groups is 1. The molecule has 130 valence electrons. The Morgan fingerprint density at radius 3 is 2.22 bits per heavy atom. The van der Waals surface area contributed by atoms with Crippen LogP contribution in [-0.4, -0.2) is 29.9 Å². The van der Waals surface area contributed by atoms with Gasteiger partial charge in [0.15, 0.2) is 0 Å². The molecule has 0 heterocycles. The smallest absolute Gasteiger partial charge is 0.315 e. The normalized spacial score (nSPS) is 14.3. The molecule has 0 bridgehead atoms. The van der Waals surface area contributed by atoms with Crippen molar-refractivity contribution in [3.63, 3.8) is 0 Å². The Labute approximate surface area is 139 Å². The molecular weight excluding hydrogens is 292 g/mol. The molecule has 0 saturated carbocycles. The number of urea groups is 1. The second kappa shape index (κ2) is 8.20. The number of benzene rings is 1. The minimum atomic E-state index is -0.587. The van der Waals surface area contributed by atoms with Crippen molar-refractivity contribution in [1.29, 1.82) is 0 Å². The highest BCUT2D eigenvalue weighted by molar-refractivity contribution is 5.74. The quantitative estimate of drug-likeness (QED) is 0.753. The molecule has 2 atom stereocenters. The maximum absolute atomic E-state index is 11.9.